The Morgan fingerprint density at radius 2 is 2.22 bits per heavy atom. The van der Waals surface area contributed by atoms with Crippen LogP contribution >= 0.6 is 0 Å². The maximum atomic E-state index is 12.4. The Bertz CT molecular complexity index is 782. The highest BCUT2D eigenvalue weighted by Crippen LogP contribution is 2.32. The number of carbonyl (C=O) groups is 2. The predicted molar refractivity (Wildman–Crippen MR) is 83.7 cm³/mol. The summed E-state index contributed by atoms with van der Waals surface area (Å²) in [5, 5.41) is 9.41. The molecule has 3 rings (SSSR count). The van der Waals surface area contributed by atoms with Crippen molar-refractivity contribution >= 4 is 23.2 Å². The largest absolute Gasteiger partial charge is 0.479 e. The fourth-order valence-corrected chi connectivity index (χ4v) is 2.43. The van der Waals surface area contributed by atoms with Gasteiger partial charge in [0.2, 0.25) is 0 Å². The number of hydrogen-bond acceptors (Lipinski definition) is 5. The molecule has 0 spiro atoms. The second-order valence-corrected chi connectivity index (χ2v) is 5.33. The Balaban J connectivity index is 1.84. The van der Waals surface area contributed by atoms with E-state index >= 15 is 0 Å². The average Bonchev–Trinajstić information content (AvgIpc) is 2.89. The summed E-state index contributed by atoms with van der Waals surface area (Å²) in [5.41, 5.74) is 2.14. The zero-order valence-electron chi connectivity index (χ0n) is 13.1. The number of anilines is 2. The van der Waals surface area contributed by atoms with Crippen LogP contribution in [-0.4, -0.2) is 23.1 Å². The number of fused-ring (bicyclic) bond motifs is 1. The third-order valence-electron chi connectivity index (χ3n) is 3.66. The van der Waals surface area contributed by atoms with Crippen LogP contribution in [-0.2, 0) is 11.2 Å². The summed E-state index contributed by atoms with van der Waals surface area (Å²) in [6.45, 7) is 5.28. The van der Waals surface area contributed by atoms with Gasteiger partial charge >= 0.3 is 0 Å². The lowest BCUT2D eigenvalue weighted by molar-refractivity contribution is -0.122. The molecule has 0 aliphatic carbocycles. The van der Waals surface area contributed by atoms with Gasteiger partial charge in [-0.2, -0.15) is 0 Å². The van der Waals surface area contributed by atoms with Gasteiger partial charge in [-0.1, -0.05) is 12.1 Å². The van der Waals surface area contributed by atoms with Crippen LogP contribution in [0.3, 0.4) is 0 Å². The van der Waals surface area contributed by atoms with Gasteiger partial charge < -0.3 is 19.9 Å². The summed E-state index contributed by atoms with van der Waals surface area (Å²) < 4.78 is 10.6. The predicted octanol–water partition coefficient (Wildman–Crippen LogP) is 2.52. The van der Waals surface area contributed by atoms with Crippen molar-refractivity contribution in [1.82, 2.24) is 5.16 Å². The van der Waals surface area contributed by atoms with Crippen molar-refractivity contribution in [1.29, 1.82) is 0 Å². The van der Waals surface area contributed by atoms with Gasteiger partial charge in [-0.05, 0) is 38.5 Å². The smallest absolute Gasteiger partial charge is 0.265 e. The molecule has 1 atom stereocenters. The molecule has 2 aromatic rings. The van der Waals surface area contributed by atoms with Crippen molar-refractivity contribution in [3.8, 4) is 5.75 Å². The van der Waals surface area contributed by atoms with Crippen LogP contribution in [0, 0.1) is 6.92 Å². The van der Waals surface area contributed by atoms with Crippen LogP contribution in [0.1, 0.15) is 35.7 Å². The molecule has 0 bridgehead atoms. The first kappa shape index (κ1) is 15.1. The van der Waals surface area contributed by atoms with Gasteiger partial charge in [0.15, 0.2) is 6.10 Å². The molecule has 1 aromatic heterocycles. The van der Waals surface area contributed by atoms with Crippen LogP contribution in [0.15, 0.2) is 22.7 Å². The van der Waals surface area contributed by atoms with Gasteiger partial charge in [0.1, 0.15) is 17.1 Å². The molecule has 1 aliphatic rings. The van der Waals surface area contributed by atoms with E-state index in [0.29, 0.717) is 40.6 Å². The molecule has 2 heterocycles. The second-order valence-electron chi connectivity index (χ2n) is 5.33. The highest BCUT2D eigenvalue weighted by molar-refractivity contribution is 6.06. The van der Waals surface area contributed by atoms with Crippen molar-refractivity contribution in [3.05, 3.63) is 35.2 Å². The third kappa shape index (κ3) is 2.77. The van der Waals surface area contributed by atoms with Crippen LogP contribution < -0.4 is 15.4 Å². The number of carbonyl (C=O) groups excluding carboxylic acids is 2. The molecule has 2 N–H and O–H groups in total. The Morgan fingerprint density at radius 1 is 1.43 bits per heavy atom. The number of rotatable bonds is 3. The number of ether oxygens (including phenoxy) is 1. The van der Waals surface area contributed by atoms with Gasteiger partial charge in [-0.3, -0.25) is 9.59 Å². The highest BCUT2D eigenvalue weighted by Gasteiger charge is 2.24. The van der Waals surface area contributed by atoms with Gasteiger partial charge in [0.05, 0.1) is 11.4 Å². The first-order valence-electron chi connectivity index (χ1n) is 7.37. The molecule has 1 aliphatic heterocycles. The van der Waals surface area contributed by atoms with Gasteiger partial charge in [-0.15, -0.1) is 0 Å². The number of benzene rings is 1. The molecule has 7 nitrogen and oxygen atoms in total. The van der Waals surface area contributed by atoms with Crippen LogP contribution in [0.4, 0.5) is 11.4 Å². The minimum atomic E-state index is -0.533. The molecule has 7 heteroatoms. The molecular formula is C16H17N3O4. The number of nitrogens with one attached hydrogen (secondary N) is 2. The Hall–Kier alpha value is -2.83. The second kappa shape index (κ2) is 5.75. The maximum absolute atomic E-state index is 12.4. The average molecular weight is 315 g/mol. The SMILES string of the molecule is CCc1noc(C)c1C(=O)Nc1ccc2c(c1)NC(=O)[C@H](C)O2. The molecule has 0 saturated heterocycles. The third-order valence-corrected chi connectivity index (χ3v) is 3.66. The van der Waals surface area contributed by atoms with E-state index in [2.05, 4.69) is 15.8 Å². The normalized spacial score (nSPS) is 16.3. The van der Waals surface area contributed by atoms with E-state index in [1.54, 1.807) is 32.0 Å². The van der Waals surface area contributed by atoms with E-state index in [4.69, 9.17) is 9.26 Å². The number of amides is 2. The number of hydrogen-bond donors (Lipinski definition) is 2. The lowest BCUT2D eigenvalue weighted by Gasteiger charge is -2.23. The molecule has 0 saturated carbocycles. The molecule has 0 fully saturated rings. The summed E-state index contributed by atoms with van der Waals surface area (Å²) in [7, 11) is 0. The topological polar surface area (TPSA) is 93.5 Å². The van der Waals surface area contributed by atoms with E-state index in [1.807, 2.05) is 6.92 Å². The van der Waals surface area contributed by atoms with Gasteiger partial charge in [-0.25, -0.2) is 0 Å². The van der Waals surface area contributed by atoms with E-state index in [-0.39, 0.29) is 11.8 Å². The monoisotopic (exact) mass is 315 g/mol. The highest BCUT2D eigenvalue weighted by atomic mass is 16.5. The minimum Gasteiger partial charge on any atom is -0.479 e. The number of aryl methyl sites for hydroxylation is 2. The first-order valence-corrected chi connectivity index (χ1v) is 7.37. The van der Waals surface area contributed by atoms with Crippen molar-refractivity contribution < 1.29 is 18.8 Å². The molecule has 0 radical (unpaired) electrons. The first-order chi connectivity index (χ1) is 11.0. The van der Waals surface area contributed by atoms with Crippen LogP contribution in [0.2, 0.25) is 0 Å². The Morgan fingerprint density at radius 3 is 2.96 bits per heavy atom. The van der Waals surface area contributed by atoms with E-state index < -0.39 is 6.10 Å². The molecular weight excluding hydrogens is 298 g/mol. The Kier molecular flexibility index (Phi) is 3.77. The summed E-state index contributed by atoms with van der Waals surface area (Å²) in [4.78, 5) is 24.1. The van der Waals surface area contributed by atoms with E-state index in [0.717, 1.165) is 0 Å². The zero-order chi connectivity index (χ0) is 16.6. The van der Waals surface area contributed by atoms with Gasteiger partial charge in [0.25, 0.3) is 11.8 Å². The Labute approximate surface area is 133 Å². The van der Waals surface area contributed by atoms with E-state index in [1.165, 1.54) is 0 Å². The zero-order valence-corrected chi connectivity index (χ0v) is 13.1. The molecule has 120 valence electrons. The summed E-state index contributed by atoms with van der Waals surface area (Å²) in [6, 6.07) is 5.09. The summed E-state index contributed by atoms with van der Waals surface area (Å²) >= 11 is 0. The molecule has 1 aromatic carbocycles. The fraction of sp³-hybridized carbons (Fsp3) is 0.312. The van der Waals surface area contributed by atoms with Crippen molar-refractivity contribution in [2.75, 3.05) is 10.6 Å². The van der Waals surface area contributed by atoms with Crippen LogP contribution in [0.5, 0.6) is 5.75 Å². The van der Waals surface area contributed by atoms with E-state index in [9.17, 15) is 9.59 Å². The van der Waals surface area contributed by atoms with Crippen LogP contribution in [0.25, 0.3) is 0 Å². The molecule has 0 unspecified atom stereocenters. The van der Waals surface area contributed by atoms with Gasteiger partial charge in [0, 0.05) is 5.69 Å². The number of nitrogens with zero attached hydrogens (tertiary/aromatic N) is 1. The van der Waals surface area contributed by atoms with Crippen molar-refractivity contribution in [3.63, 3.8) is 0 Å². The fourth-order valence-electron chi connectivity index (χ4n) is 2.43. The maximum Gasteiger partial charge on any atom is 0.265 e. The molecule has 23 heavy (non-hydrogen) atoms. The lowest BCUT2D eigenvalue weighted by Crippen LogP contribution is -2.34. The lowest BCUT2D eigenvalue weighted by atomic mass is 10.1. The summed E-state index contributed by atoms with van der Waals surface area (Å²) in [5.74, 6) is 0.536. The molecule has 2 amide bonds. The van der Waals surface area contributed by atoms with Crippen molar-refractivity contribution in [2.45, 2.75) is 33.3 Å². The van der Waals surface area contributed by atoms with Crippen molar-refractivity contribution in [2.24, 2.45) is 0 Å². The summed E-state index contributed by atoms with van der Waals surface area (Å²) in [6.07, 6.45) is 0.0706. The standard InChI is InChI=1S/C16H17N3O4/c1-4-11-14(8(2)23-19-11)16(21)17-10-5-6-13-12(7-10)18-15(20)9(3)22-13/h5-7,9H,4H2,1-3H3,(H,17,21)(H,18,20)/t9-/m0/s1. The quantitative estimate of drug-likeness (QED) is 0.907. The minimum absolute atomic E-state index is 0.218. The number of aromatic nitrogens is 1.